The quantitative estimate of drug-likeness (QED) is 0.593. The molecule has 3 aliphatic heterocycles. The number of likely N-dealkylation sites (tertiary alicyclic amines) is 1. The average Bonchev–Trinajstić information content (AvgIpc) is 3.09. The van der Waals surface area contributed by atoms with Crippen molar-refractivity contribution in [2.75, 3.05) is 36.0 Å². The second kappa shape index (κ2) is 9.28. The van der Waals surface area contributed by atoms with Crippen LogP contribution in [0.3, 0.4) is 0 Å². The Hall–Kier alpha value is -3.08. The molecule has 2 aromatic carbocycles. The third-order valence-corrected chi connectivity index (χ3v) is 7.56. The minimum Gasteiger partial charge on any atom is -0.372 e. The fourth-order valence-electron chi connectivity index (χ4n) is 5.84. The number of carbonyl (C=O) groups is 2. The molecule has 2 fully saturated rings. The smallest absolute Gasteiger partial charge is 0.282 e. The summed E-state index contributed by atoms with van der Waals surface area (Å²) in [5.41, 5.74) is 3.70. The summed E-state index contributed by atoms with van der Waals surface area (Å²) in [4.78, 5) is 33.5. The topological polar surface area (TPSA) is 43.9 Å². The summed E-state index contributed by atoms with van der Waals surface area (Å²) < 4.78 is 0. The van der Waals surface area contributed by atoms with Crippen molar-refractivity contribution in [3.05, 3.63) is 65.9 Å². The molecule has 0 saturated carbocycles. The molecule has 0 radical (unpaired) electrons. The first kappa shape index (κ1) is 22.7. The highest BCUT2D eigenvalue weighted by atomic mass is 16.2. The van der Waals surface area contributed by atoms with Gasteiger partial charge in [0, 0.05) is 31.9 Å². The van der Waals surface area contributed by atoms with Gasteiger partial charge in [-0.2, -0.15) is 0 Å². The van der Waals surface area contributed by atoms with Gasteiger partial charge in [-0.05, 0) is 66.8 Å². The van der Waals surface area contributed by atoms with E-state index in [1.807, 2.05) is 42.5 Å². The lowest BCUT2D eigenvalue weighted by Gasteiger charge is -2.37. The van der Waals surface area contributed by atoms with Crippen LogP contribution in [0, 0.1) is 17.8 Å². The molecule has 0 aliphatic carbocycles. The SMILES string of the molecule is CC1CCN(c2ccc(N3C(=O)C(c4ccccc4)=C(N4CC(C)CC(C)C4)C3=O)cc2)CC1. The number of amides is 2. The lowest BCUT2D eigenvalue weighted by atomic mass is 9.91. The van der Waals surface area contributed by atoms with E-state index in [2.05, 4.69) is 42.7 Å². The van der Waals surface area contributed by atoms with Gasteiger partial charge in [-0.3, -0.25) is 9.59 Å². The normalized spacial score (nSPS) is 24.4. The molecule has 0 N–H and O–H groups in total. The van der Waals surface area contributed by atoms with E-state index in [0.717, 1.165) is 49.8 Å². The molecule has 2 aromatic rings. The van der Waals surface area contributed by atoms with Gasteiger partial charge >= 0.3 is 0 Å². The van der Waals surface area contributed by atoms with Gasteiger partial charge < -0.3 is 9.80 Å². The molecule has 2 amide bonds. The zero-order valence-electron chi connectivity index (χ0n) is 20.5. The van der Waals surface area contributed by atoms with Crippen LogP contribution < -0.4 is 9.80 Å². The van der Waals surface area contributed by atoms with Crippen molar-refractivity contribution in [2.45, 2.75) is 40.0 Å². The molecular weight excluding hydrogens is 422 g/mol. The van der Waals surface area contributed by atoms with Crippen molar-refractivity contribution in [3.8, 4) is 0 Å². The molecule has 178 valence electrons. The van der Waals surface area contributed by atoms with Crippen LogP contribution in [0.2, 0.25) is 0 Å². The second-order valence-electron chi connectivity index (χ2n) is 10.6. The van der Waals surface area contributed by atoms with Crippen LogP contribution in [0.1, 0.15) is 45.6 Å². The molecule has 0 aromatic heterocycles. The molecule has 5 heteroatoms. The van der Waals surface area contributed by atoms with Gasteiger partial charge in [0.05, 0.1) is 11.3 Å². The fourth-order valence-corrected chi connectivity index (χ4v) is 5.84. The molecular formula is C29H35N3O2. The first-order valence-corrected chi connectivity index (χ1v) is 12.7. The van der Waals surface area contributed by atoms with Crippen LogP contribution in [0.25, 0.3) is 5.57 Å². The number of benzene rings is 2. The third-order valence-electron chi connectivity index (χ3n) is 7.56. The van der Waals surface area contributed by atoms with Crippen LogP contribution in [0.5, 0.6) is 0 Å². The Kier molecular flexibility index (Phi) is 6.20. The minimum atomic E-state index is -0.225. The maximum atomic E-state index is 13.8. The molecule has 0 spiro atoms. The van der Waals surface area contributed by atoms with E-state index in [9.17, 15) is 9.59 Å². The van der Waals surface area contributed by atoms with Crippen LogP contribution in [0.15, 0.2) is 60.3 Å². The van der Waals surface area contributed by atoms with E-state index in [4.69, 9.17) is 0 Å². The van der Waals surface area contributed by atoms with E-state index >= 15 is 0 Å². The highest BCUT2D eigenvalue weighted by Crippen LogP contribution is 2.37. The monoisotopic (exact) mass is 457 g/mol. The Bertz CT molecular complexity index is 1070. The van der Waals surface area contributed by atoms with E-state index in [-0.39, 0.29) is 11.8 Å². The number of anilines is 2. The van der Waals surface area contributed by atoms with Gasteiger partial charge in [-0.1, -0.05) is 51.1 Å². The number of imide groups is 1. The standard InChI is InChI=1S/C29H35N3O2/c1-20-13-15-30(16-14-20)24-9-11-25(12-10-24)32-28(33)26(23-7-5-4-6-8-23)27(29(32)34)31-18-21(2)17-22(3)19-31/h4-12,20-22H,13-19H2,1-3H3. The molecule has 34 heavy (non-hydrogen) atoms. The molecule has 2 saturated heterocycles. The Labute approximate surface area is 203 Å². The van der Waals surface area contributed by atoms with Crippen molar-refractivity contribution >= 4 is 28.8 Å². The van der Waals surface area contributed by atoms with E-state index in [1.54, 1.807) is 0 Å². The number of hydrogen-bond acceptors (Lipinski definition) is 4. The number of rotatable bonds is 4. The molecule has 3 aliphatic rings. The van der Waals surface area contributed by atoms with Crippen molar-refractivity contribution in [2.24, 2.45) is 17.8 Å². The Morgan fingerprint density at radius 1 is 0.676 bits per heavy atom. The lowest BCUT2D eigenvalue weighted by molar-refractivity contribution is -0.120. The maximum Gasteiger partial charge on any atom is 0.282 e. The number of piperidine rings is 2. The Balaban J connectivity index is 1.47. The predicted octanol–water partition coefficient (Wildman–Crippen LogP) is 5.19. The summed E-state index contributed by atoms with van der Waals surface area (Å²) in [7, 11) is 0. The third kappa shape index (κ3) is 4.24. The van der Waals surface area contributed by atoms with Crippen LogP contribution in [0.4, 0.5) is 11.4 Å². The van der Waals surface area contributed by atoms with Crippen molar-refractivity contribution in [3.63, 3.8) is 0 Å². The number of nitrogens with zero attached hydrogens (tertiary/aromatic N) is 3. The van der Waals surface area contributed by atoms with Gasteiger partial charge in [-0.15, -0.1) is 0 Å². The van der Waals surface area contributed by atoms with Gasteiger partial charge in [0.1, 0.15) is 5.70 Å². The fraction of sp³-hybridized carbons (Fsp3) is 0.448. The second-order valence-corrected chi connectivity index (χ2v) is 10.6. The number of carbonyl (C=O) groups excluding carboxylic acids is 2. The molecule has 0 bridgehead atoms. The van der Waals surface area contributed by atoms with Crippen LogP contribution >= 0.6 is 0 Å². The van der Waals surface area contributed by atoms with Gasteiger partial charge in [0.25, 0.3) is 11.8 Å². The van der Waals surface area contributed by atoms with Gasteiger partial charge in [0.15, 0.2) is 0 Å². The summed E-state index contributed by atoms with van der Waals surface area (Å²) in [6, 6.07) is 17.6. The molecule has 2 unspecified atom stereocenters. The highest BCUT2D eigenvalue weighted by Gasteiger charge is 2.43. The molecule has 5 rings (SSSR count). The van der Waals surface area contributed by atoms with E-state index < -0.39 is 0 Å². The minimum absolute atomic E-state index is 0.204. The number of hydrogen-bond donors (Lipinski definition) is 0. The first-order valence-electron chi connectivity index (χ1n) is 12.7. The van der Waals surface area contributed by atoms with Crippen LogP contribution in [-0.4, -0.2) is 42.9 Å². The molecule has 3 heterocycles. The van der Waals surface area contributed by atoms with Crippen molar-refractivity contribution < 1.29 is 9.59 Å². The molecule has 2 atom stereocenters. The lowest BCUT2D eigenvalue weighted by Crippen LogP contribution is -2.42. The zero-order valence-corrected chi connectivity index (χ0v) is 20.5. The zero-order chi connectivity index (χ0) is 23.8. The van der Waals surface area contributed by atoms with E-state index in [0.29, 0.717) is 28.8 Å². The molecule has 5 nitrogen and oxygen atoms in total. The summed E-state index contributed by atoms with van der Waals surface area (Å²) in [6.07, 6.45) is 3.55. The largest absolute Gasteiger partial charge is 0.372 e. The first-order chi connectivity index (χ1) is 16.4. The van der Waals surface area contributed by atoms with Crippen LogP contribution in [-0.2, 0) is 9.59 Å². The van der Waals surface area contributed by atoms with Crippen molar-refractivity contribution in [1.29, 1.82) is 0 Å². The summed E-state index contributed by atoms with van der Waals surface area (Å²) in [5, 5.41) is 0. The maximum absolute atomic E-state index is 13.8. The summed E-state index contributed by atoms with van der Waals surface area (Å²) >= 11 is 0. The van der Waals surface area contributed by atoms with Gasteiger partial charge in [0.2, 0.25) is 0 Å². The highest BCUT2D eigenvalue weighted by molar-refractivity contribution is 6.45. The Morgan fingerprint density at radius 2 is 1.26 bits per heavy atom. The summed E-state index contributed by atoms with van der Waals surface area (Å²) in [6.45, 7) is 10.5. The van der Waals surface area contributed by atoms with Crippen molar-refractivity contribution in [1.82, 2.24) is 4.90 Å². The van der Waals surface area contributed by atoms with E-state index in [1.165, 1.54) is 17.7 Å². The van der Waals surface area contributed by atoms with Gasteiger partial charge in [-0.25, -0.2) is 4.90 Å². The summed E-state index contributed by atoms with van der Waals surface area (Å²) in [5.74, 6) is 1.31. The Morgan fingerprint density at radius 3 is 1.88 bits per heavy atom. The average molecular weight is 458 g/mol. The predicted molar refractivity (Wildman–Crippen MR) is 137 cm³/mol.